The van der Waals surface area contributed by atoms with E-state index in [4.69, 9.17) is 5.11 Å². The van der Waals surface area contributed by atoms with Crippen molar-refractivity contribution in [2.45, 2.75) is 19.4 Å². The SMILES string of the molecule is COc1cc(OC(F)(F)F)c(CO)nc1C(F)F. The average Bonchev–Trinajstić information content (AvgIpc) is 2.25. The number of hydrogen-bond acceptors (Lipinski definition) is 4. The van der Waals surface area contributed by atoms with E-state index in [-0.39, 0.29) is 0 Å². The molecule has 1 rings (SSSR count). The van der Waals surface area contributed by atoms with E-state index in [1.807, 2.05) is 0 Å². The summed E-state index contributed by atoms with van der Waals surface area (Å²) in [6, 6.07) is 0.605. The lowest BCUT2D eigenvalue weighted by Crippen LogP contribution is -2.19. The van der Waals surface area contributed by atoms with E-state index in [1.54, 1.807) is 0 Å². The van der Waals surface area contributed by atoms with Gasteiger partial charge in [-0.3, -0.25) is 0 Å². The van der Waals surface area contributed by atoms with Crippen molar-refractivity contribution in [2.24, 2.45) is 0 Å². The van der Waals surface area contributed by atoms with Crippen LogP contribution in [0.15, 0.2) is 6.07 Å². The van der Waals surface area contributed by atoms with Gasteiger partial charge in [0.05, 0.1) is 13.7 Å². The summed E-state index contributed by atoms with van der Waals surface area (Å²) in [6.45, 7) is -0.977. The number of nitrogens with zero attached hydrogens (tertiary/aromatic N) is 1. The second-order valence-electron chi connectivity index (χ2n) is 3.03. The molecular weight excluding hydrogens is 265 g/mol. The van der Waals surface area contributed by atoms with Crippen molar-refractivity contribution in [3.8, 4) is 11.5 Å². The van der Waals surface area contributed by atoms with Crippen LogP contribution < -0.4 is 9.47 Å². The van der Waals surface area contributed by atoms with Crippen LogP contribution in [-0.4, -0.2) is 23.6 Å². The number of ether oxygens (including phenoxy) is 2. The van der Waals surface area contributed by atoms with Gasteiger partial charge in [0.25, 0.3) is 6.43 Å². The van der Waals surface area contributed by atoms with Crippen LogP contribution in [0.1, 0.15) is 17.8 Å². The number of methoxy groups -OCH3 is 1. The third-order valence-electron chi connectivity index (χ3n) is 1.86. The topological polar surface area (TPSA) is 51.6 Å². The summed E-state index contributed by atoms with van der Waals surface area (Å²) in [7, 11) is 0.999. The van der Waals surface area contributed by atoms with Crippen molar-refractivity contribution in [2.75, 3.05) is 7.11 Å². The summed E-state index contributed by atoms with van der Waals surface area (Å²) >= 11 is 0. The molecule has 0 saturated carbocycles. The largest absolute Gasteiger partial charge is 0.573 e. The maximum atomic E-state index is 12.5. The molecule has 1 aromatic heterocycles. The minimum atomic E-state index is -5.02. The van der Waals surface area contributed by atoms with E-state index in [0.29, 0.717) is 6.07 Å². The van der Waals surface area contributed by atoms with Gasteiger partial charge in [-0.1, -0.05) is 0 Å². The zero-order valence-corrected chi connectivity index (χ0v) is 8.96. The van der Waals surface area contributed by atoms with Crippen LogP contribution in [0.25, 0.3) is 0 Å². The normalized spacial score (nSPS) is 11.8. The Balaban J connectivity index is 3.26. The molecule has 0 aliphatic heterocycles. The molecule has 0 atom stereocenters. The summed E-state index contributed by atoms with van der Waals surface area (Å²) in [6.07, 6.45) is -8.08. The molecule has 0 aliphatic carbocycles. The highest BCUT2D eigenvalue weighted by Gasteiger charge is 2.33. The quantitative estimate of drug-likeness (QED) is 0.856. The van der Waals surface area contributed by atoms with Crippen LogP contribution in [0.4, 0.5) is 22.0 Å². The van der Waals surface area contributed by atoms with Crippen molar-refractivity contribution in [1.29, 1.82) is 0 Å². The summed E-state index contributed by atoms with van der Waals surface area (Å²) in [5, 5.41) is 8.79. The second-order valence-corrected chi connectivity index (χ2v) is 3.03. The minimum Gasteiger partial charge on any atom is -0.494 e. The number of hydrogen-bond donors (Lipinski definition) is 1. The molecule has 1 N–H and O–H groups in total. The Kier molecular flexibility index (Phi) is 4.28. The fraction of sp³-hybridized carbons (Fsp3) is 0.444. The maximum absolute atomic E-state index is 12.5. The summed E-state index contributed by atoms with van der Waals surface area (Å²) < 4.78 is 69.2. The van der Waals surface area contributed by atoms with Gasteiger partial charge >= 0.3 is 6.36 Å². The smallest absolute Gasteiger partial charge is 0.494 e. The first kappa shape index (κ1) is 14.4. The number of aliphatic hydroxyl groups excluding tert-OH is 1. The molecule has 0 bridgehead atoms. The number of rotatable bonds is 4. The number of pyridine rings is 1. The fourth-order valence-corrected chi connectivity index (χ4v) is 1.18. The minimum absolute atomic E-state index is 0.554. The average molecular weight is 273 g/mol. The van der Waals surface area contributed by atoms with Gasteiger partial charge in [-0.25, -0.2) is 13.8 Å². The Morgan fingerprint density at radius 3 is 2.33 bits per heavy atom. The molecular formula is C9H8F5NO3. The van der Waals surface area contributed by atoms with Gasteiger partial charge in [-0.2, -0.15) is 0 Å². The van der Waals surface area contributed by atoms with Crippen molar-refractivity contribution >= 4 is 0 Å². The van der Waals surface area contributed by atoms with Gasteiger partial charge in [0.2, 0.25) is 0 Å². The third kappa shape index (κ3) is 3.42. The molecule has 0 saturated heterocycles. The number of alkyl halides is 5. The van der Waals surface area contributed by atoms with Gasteiger partial charge in [-0.05, 0) is 0 Å². The van der Waals surface area contributed by atoms with Gasteiger partial charge in [0.15, 0.2) is 5.75 Å². The third-order valence-corrected chi connectivity index (χ3v) is 1.86. The molecule has 9 heteroatoms. The van der Waals surface area contributed by atoms with Crippen molar-refractivity contribution in [3.63, 3.8) is 0 Å². The van der Waals surface area contributed by atoms with Crippen LogP contribution >= 0.6 is 0 Å². The molecule has 0 radical (unpaired) electrons. The zero-order chi connectivity index (χ0) is 13.9. The fourth-order valence-electron chi connectivity index (χ4n) is 1.18. The summed E-state index contributed by atoms with van der Waals surface area (Å²) in [5.74, 6) is -1.44. The molecule has 0 aliphatic rings. The first-order valence-corrected chi connectivity index (χ1v) is 4.51. The second kappa shape index (κ2) is 5.34. The zero-order valence-electron chi connectivity index (χ0n) is 8.96. The van der Waals surface area contributed by atoms with Crippen LogP contribution in [0.2, 0.25) is 0 Å². The van der Waals surface area contributed by atoms with Crippen LogP contribution in [0.5, 0.6) is 11.5 Å². The molecule has 0 spiro atoms. The van der Waals surface area contributed by atoms with Gasteiger partial charge in [0.1, 0.15) is 17.1 Å². The summed E-state index contributed by atoms with van der Waals surface area (Å²) in [4.78, 5) is 3.20. The number of halogens is 5. The van der Waals surface area contributed by atoms with Crippen molar-refractivity contribution < 1.29 is 36.5 Å². The first-order valence-electron chi connectivity index (χ1n) is 4.51. The van der Waals surface area contributed by atoms with Gasteiger partial charge in [-0.15, -0.1) is 13.2 Å². The number of aliphatic hydroxyl groups is 1. The van der Waals surface area contributed by atoms with E-state index >= 15 is 0 Å². The molecule has 0 aromatic carbocycles. The van der Waals surface area contributed by atoms with E-state index in [1.165, 1.54) is 0 Å². The highest BCUT2D eigenvalue weighted by atomic mass is 19.4. The van der Waals surface area contributed by atoms with Gasteiger partial charge < -0.3 is 14.6 Å². The molecule has 18 heavy (non-hydrogen) atoms. The highest BCUT2D eigenvalue weighted by Crippen LogP contribution is 2.34. The van der Waals surface area contributed by atoms with E-state index in [9.17, 15) is 22.0 Å². The van der Waals surface area contributed by atoms with E-state index < -0.39 is 42.3 Å². The predicted octanol–water partition coefficient (Wildman–Crippen LogP) is 2.42. The number of aromatic nitrogens is 1. The highest BCUT2D eigenvalue weighted by molar-refractivity contribution is 5.40. The lowest BCUT2D eigenvalue weighted by Gasteiger charge is -2.15. The van der Waals surface area contributed by atoms with Crippen LogP contribution in [0, 0.1) is 0 Å². The van der Waals surface area contributed by atoms with E-state index in [0.717, 1.165) is 7.11 Å². The summed E-state index contributed by atoms with van der Waals surface area (Å²) in [5.41, 5.74) is -1.51. The van der Waals surface area contributed by atoms with Gasteiger partial charge in [0, 0.05) is 6.07 Å². The Morgan fingerprint density at radius 2 is 1.94 bits per heavy atom. The van der Waals surface area contributed by atoms with E-state index in [2.05, 4.69) is 14.5 Å². The van der Waals surface area contributed by atoms with Crippen LogP contribution in [-0.2, 0) is 6.61 Å². The molecule has 1 aromatic rings. The Morgan fingerprint density at radius 1 is 1.33 bits per heavy atom. The molecule has 4 nitrogen and oxygen atoms in total. The first-order chi connectivity index (χ1) is 8.28. The van der Waals surface area contributed by atoms with Crippen LogP contribution in [0.3, 0.4) is 0 Å². The maximum Gasteiger partial charge on any atom is 0.573 e. The molecule has 0 amide bonds. The Labute approximate surface area is 98.0 Å². The lowest BCUT2D eigenvalue weighted by molar-refractivity contribution is -0.275. The van der Waals surface area contributed by atoms with Crippen molar-refractivity contribution in [3.05, 3.63) is 17.5 Å². The van der Waals surface area contributed by atoms with Crippen molar-refractivity contribution in [1.82, 2.24) is 4.98 Å². The lowest BCUT2D eigenvalue weighted by atomic mass is 10.2. The Hall–Kier alpha value is -1.64. The standard InChI is InChI=1S/C9H8F5NO3/c1-17-6-2-5(18-9(12,13)14)4(3-16)15-7(6)8(10)11/h2,8,16H,3H2,1H3. The molecule has 102 valence electrons. The molecule has 0 unspecified atom stereocenters. The molecule has 0 fully saturated rings. The monoisotopic (exact) mass is 273 g/mol. The predicted molar refractivity (Wildman–Crippen MR) is 48.4 cm³/mol. The Bertz CT molecular complexity index is 421. The molecule has 1 heterocycles.